The Morgan fingerprint density at radius 1 is 1.29 bits per heavy atom. The third-order valence-electron chi connectivity index (χ3n) is 3.25. The van der Waals surface area contributed by atoms with E-state index in [1.807, 2.05) is 13.0 Å². The molecule has 6 heteroatoms. The average Bonchev–Trinajstić information content (AvgIpc) is 2.46. The molecule has 1 aromatic rings. The van der Waals surface area contributed by atoms with Gasteiger partial charge in [-0.1, -0.05) is 13.3 Å². The number of nitrogens with zero attached hydrogens (tertiary/aromatic N) is 2. The maximum atomic E-state index is 12.7. The minimum atomic E-state index is -3.59. The number of aliphatic hydroxyl groups excluding tert-OH is 1. The van der Waals surface area contributed by atoms with Gasteiger partial charge in [-0.15, -0.1) is 0 Å². The summed E-state index contributed by atoms with van der Waals surface area (Å²) >= 11 is 0. The molecule has 0 fully saturated rings. The van der Waals surface area contributed by atoms with Crippen molar-refractivity contribution in [3.8, 4) is 6.07 Å². The Labute approximate surface area is 126 Å². The Kier molecular flexibility index (Phi) is 6.82. The van der Waals surface area contributed by atoms with Crippen molar-refractivity contribution in [3.05, 3.63) is 29.3 Å². The van der Waals surface area contributed by atoms with Crippen LogP contribution < -0.4 is 0 Å². The molecule has 1 aromatic carbocycles. The van der Waals surface area contributed by atoms with Crippen LogP contribution in [0, 0.1) is 18.3 Å². The molecule has 0 unspecified atom stereocenters. The van der Waals surface area contributed by atoms with Crippen LogP contribution in [-0.4, -0.2) is 37.5 Å². The zero-order chi connectivity index (χ0) is 15.9. The molecule has 0 heterocycles. The molecular weight excluding hydrogens is 288 g/mol. The van der Waals surface area contributed by atoms with Gasteiger partial charge < -0.3 is 5.11 Å². The summed E-state index contributed by atoms with van der Waals surface area (Å²) in [5.41, 5.74) is 1.02. The molecular formula is C15H22N2O3S. The second-order valence-corrected chi connectivity index (χ2v) is 6.83. The Hall–Kier alpha value is -1.42. The van der Waals surface area contributed by atoms with E-state index in [9.17, 15) is 8.42 Å². The van der Waals surface area contributed by atoms with Gasteiger partial charge in [0.2, 0.25) is 10.0 Å². The van der Waals surface area contributed by atoms with Crippen molar-refractivity contribution in [2.75, 3.05) is 19.7 Å². The van der Waals surface area contributed by atoms with Crippen molar-refractivity contribution >= 4 is 10.0 Å². The van der Waals surface area contributed by atoms with Crippen molar-refractivity contribution in [1.29, 1.82) is 5.26 Å². The summed E-state index contributed by atoms with van der Waals surface area (Å²) in [5, 5.41) is 17.8. The first kappa shape index (κ1) is 17.6. The van der Waals surface area contributed by atoms with E-state index < -0.39 is 10.0 Å². The van der Waals surface area contributed by atoms with Crippen molar-refractivity contribution in [3.63, 3.8) is 0 Å². The molecule has 116 valence electrons. The van der Waals surface area contributed by atoms with Crippen LogP contribution in [0.2, 0.25) is 0 Å². The molecule has 0 aromatic heterocycles. The van der Waals surface area contributed by atoms with Gasteiger partial charge in [0.05, 0.1) is 16.5 Å². The van der Waals surface area contributed by atoms with E-state index in [1.165, 1.54) is 16.4 Å². The minimum absolute atomic E-state index is 0.0372. The van der Waals surface area contributed by atoms with Crippen molar-refractivity contribution in [2.24, 2.45) is 0 Å². The summed E-state index contributed by atoms with van der Waals surface area (Å²) in [4.78, 5) is 0.232. The lowest BCUT2D eigenvalue weighted by Gasteiger charge is -2.22. The molecule has 1 N–H and O–H groups in total. The molecule has 5 nitrogen and oxygen atoms in total. The number of nitriles is 1. The highest BCUT2D eigenvalue weighted by Crippen LogP contribution is 2.21. The number of hydrogen-bond acceptors (Lipinski definition) is 4. The monoisotopic (exact) mass is 310 g/mol. The summed E-state index contributed by atoms with van der Waals surface area (Å²) in [6, 6.07) is 6.59. The number of unbranched alkanes of at least 4 members (excludes halogenated alkanes) is 1. The molecule has 0 saturated carbocycles. The van der Waals surface area contributed by atoms with Gasteiger partial charge in [-0.3, -0.25) is 0 Å². The van der Waals surface area contributed by atoms with Crippen molar-refractivity contribution in [1.82, 2.24) is 4.31 Å². The molecule has 0 spiro atoms. The summed E-state index contributed by atoms with van der Waals surface area (Å²) in [5.74, 6) is 0. The predicted octanol–water partition coefficient (Wildman–Crippen LogP) is 2.04. The van der Waals surface area contributed by atoms with Crippen LogP contribution in [0.1, 0.15) is 37.3 Å². The fourth-order valence-electron chi connectivity index (χ4n) is 2.08. The summed E-state index contributed by atoms with van der Waals surface area (Å²) in [6.07, 6.45) is 2.09. The van der Waals surface area contributed by atoms with Crippen LogP contribution in [-0.2, 0) is 10.0 Å². The van der Waals surface area contributed by atoms with Gasteiger partial charge in [-0.25, -0.2) is 8.42 Å². The minimum Gasteiger partial charge on any atom is -0.396 e. The third-order valence-corrected chi connectivity index (χ3v) is 5.31. The van der Waals surface area contributed by atoms with Gasteiger partial charge in [-0.2, -0.15) is 9.57 Å². The summed E-state index contributed by atoms with van der Waals surface area (Å²) in [6.45, 7) is 4.41. The van der Waals surface area contributed by atoms with Crippen molar-refractivity contribution in [2.45, 2.75) is 38.0 Å². The smallest absolute Gasteiger partial charge is 0.243 e. The fraction of sp³-hybridized carbons (Fsp3) is 0.533. The van der Waals surface area contributed by atoms with E-state index in [0.29, 0.717) is 30.6 Å². The maximum absolute atomic E-state index is 12.7. The Morgan fingerprint density at radius 2 is 1.95 bits per heavy atom. The highest BCUT2D eigenvalue weighted by atomic mass is 32.2. The molecule has 0 saturated heterocycles. The third kappa shape index (κ3) is 4.53. The van der Waals surface area contributed by atoms with Gasteiger partial charge in [-0.05, 0) is 43.5 Å². The molecule has 0 aliphatic carbocycles. The van der Waals surface area contributed by atoms with Gasteiger partial charge in [0.1, 0.15) is 0 Å². The highest BCUT2D eigenvalue weighted by molar-refractivity contribution is 7.89. The summed E-state index contributed by atoms with van der Waals surface area (Å²) < 4.78 is 26.9. The zero-order valence-corrected chi connectivity index (χ0v) is 13.4. The highest BCUT2D eigenvalue weighted by Gasteiger charge is 2.25. The number of aliphatic hydroxyl groups is 1. The number of benzene rings is 1. The lowest BCUT2D eigenvalue weighted by Crippen LogP contribution is -2.33. The van der Waals surface area contributed by atoms with E-state index in [4.69, 9.17) is 10.4 Å². The van der Waals surface area contributed by atoms with Crippen LogP contribution >= 0.6 is 0 Å². The molecule has 0 radical (unpaired) electrons. The number of aryl methyl sites for hydroxylation is 1. The zero-order valence-electron chi connectivity index (χ0n) is 12.5. The second kappa shape index (κ2) is 8.13. The predicted molar refractivity (Wildman–Crippen MR) is 81.3 cm³/mol. The van der Waals surface area contributed by atoms with E-state index in [2.05, 4.69) is 0 Å². The molecule has 0 bridgehead atoms. The number of rotatable bonds is 8. The summed E-state index contributed by atoms with van der Waals surface area (Å²) in [7, 11) is -3.59. The Balaban J connectivity index is 3.12. The number of sulfonamides is 1. The standard InChI is InChI=1S/C15H22N2O3S/c1-3-4-8-17(9-5-10-18)21(19,20)15-7-6-14(12-16)11-13(15)2/h6-7,11,18H,3-5,8-10H2,1-2H3. The molecule has 1 rings (SSSR count). The van der Waals surface area contributed by atoms with E-state index in [1.54, 1.807) is 13.0 Å². The second-order valence-electron chi connectivity index (χ2n) is 4.93. The van der Waals surface area contributed by atoms with Crippen LogP contribution in [0.25, 0.3) is 0 Å². The largest absolute Gasteiger partial charge is 0.396 e. The Bertz CT molecular complexity index is 598. The first-order valence-corrected chi connectivity index (χ1v) is 8.53. The molecule has 0 amide bonds. The van der Waals surface area contributed by atoms with E-state index in [-0.39, 0.29) is 11.5 Å². The van der Waals surface area contributed by atoms with Crippen LogP contribution in [0.15, 0.2) is 23.1 Å². The maximum Gasteiger partial charge on any atom is 0.243 e. The van der Waals surface area contributed by atoms with Gasteiger partial charge in [0.25, 0.3) is 0 Å². The topological polar surface area (TPSA) is 81.4 Å². The fourth-order valence-corrected chi connectivity index (χ4v) is 3.80. The lowest BCUT2D eigenvalue weighted by atomic mass is 10.2. The SMILES string of the molecule is CCCCN(CCCO)S(=O)(=O)c1ccc(C#N)cc1C. The van der Waals surface area contributed by atoms with E-state index >= 15 is 0 Å². The first-order chi connectivity index (χ1) is 9.97. The number of hydrogen-bond donors (Lipinski definition) is 1. The Morgan fingerprint density at radius 3 is 2.48 bits per heavy atom. The lowest BCUT2D eigenvalue weighted by molar-refractivity contribution is 0.268. The van der Waals surface area contributed by atoms with Crippen molar-refractivity contribution < 1.29 is 13.5 Å². The molecule has 21 heavy (non-hydrogen) atoms. The van der Waals surface area contributed by atoms with Crippen LogP contribution in [0.3, 0.4) is 0 Å². The van der Waals surface area contributed by atoms with Crippen LogP contribution in [0.4, 0.5) is 0 Å². The van der Waals surface area contributed by atoms with E-state index in [0.717, 1.165) is 12.8 Å². The quantitative estimate of drug-likeness (QED) is 0.796. The van der Waals surface area contributed by atoms with Crippen LogP contribution in [0.5, 0.6) is 0 Å². The molecule has 0 atom stereocenters. The average molecular weight is 310 g/mol. The normalized spacial score (nSPS) is 11.6. The van der Waals surface area contributed by atoms with Gasteiger partial charge >= 0.3 is 0 Å². The van der Waals surface area contributed by atoms with Gasteiger partial charge in [0, 0.05) is 19.7 Å². The molecule has 0 aliphatic rings. The first-order valence-electron chi connectivity index (χ1n) is 7.09. The molecule has 0 aliphatic heterocycles. The van der Waals surface area contributed by atoms with Gasteiger partial charge in [0.15, 0.2) is 0 Å².